The molecule has 3 aromatic rings. The number of ether oxygens (including phenoxy) is 1. The molecule has 166 valence electrons. The molecule has 0 aliphatic heterocycles. The Balaban J connectivity index is 1.99. The first-order valence-corrected chi connectivity index (χ1v) is 11.7. The van der Waals surface area contributed by atoms with Crippen molar-refractivity contribution in [1.29, 1.82) is 0 Å². The van der Waals surface area contributed by atoms with Gasteiger partial charge < -0.3 is 4.74 Å². The normalized spacial score (nSPS) is 11.7. The molecule has 5 nitrogen and oxygen atoms in total. The highest BCUT2D eigenvalue weighted by Crippen LogP contribution is 2.27. The van der Waals surface area contributed by atoms with E-state index in [1.807, 2.05) is 31.2 Å². The van der Waals surface area contributed by atoms with Crippen molar-refractivity contribution in [3.05, 3.63) is 95.6 Å². The van der Waals surface area contributed by atoms with E-state index in [9.17, 15) is 13.2 Å². The fourth-order valence-corrected chi connectivity index (χ4v) is 4.53. The summed E-state index contributed by atoms with van der Waals surface area (Å²) in [6.07, 6.45) is 2.90. The van der Waals surface area contributed by atoms with Gasteiger partial charge >= 0.3 is 0 Å². The lowest BCUT2D eigenvalue weighted by Gasteiger charge is -2.21. The van der Waals surface area contributed by atoms with Gasteiger partial charge in [-0.3, -0.25) is 4.79 Å². The number of benzene rings is 3. The van der Waals surface area contributed by atoms with Crippen molar-refractivity contribution in [2.75, 3.05) is 11.4 Å². The van der Waals surface area contributed by atoms with Gasteiger partial charge in [-0.15, -0.1) is 0 Å². The van der Waals surface area contributed by atoms with Crippen LogP contribution in [0.15, 0.2) is 83.8 Å². The lowest BCUT2D eigenvalue weighted by atomic mass is 10.0. The highest BCUT2D eigenvalue weighted by atomic mass is 32.2. The van der Waals surface area contributed by atoms with Crippen molar-refractivity contribution < 1.29 is 17.9 Å². The average molecular weight is 450 g/mol. The highest BCUT2D eigenvalue weighted by Gasteiger charge is 2.29. The maximum absolute atomic E-state index is 13.4. The second kappa shape index (κ2) is 9.83. The van der Waals surface area contributed by atoms with Crippen molar-refractivity contribution in [3.8, 4) is 5.75 Å². The summed E-state index contributed by atoms with van der Waals surface area (Å²) in [6.45, 7) is 6.09. The fourth-order valence-electron chi connectivity index (χ4n) is 3.14. The molecule has 0 saturated carbocycles. The van der Waals surface area contributed by atoms with Crippen molar-refractivity contribution in [2.45, 2.75) is 31.6 Å². The Morgan fingerprint density at radius 3 is 2.03 bits per heavy atom. The van der Waals surface area contributed by atoms with Gasteiger partial charge in [0.1, 0.15) is 5.75 Å². The van der Waals surface area contributed by atoms with Crippen molar-refractivity contribution in [3.63, 3.8) is 0 Å². The molecule has 3 rings (SSSR count). The van der Waals surface area contributed by atoms with Gasteiger partial charge in [0.25, 0.3) is 15.9 Å². The van der Waals surface area contributed by atoms with Crippen LogP contribution in [0.3, 0.4) is 0 Å². The van der Waals surface area contributed by atoms with Gasteiger partial charge in [-0.1, -0.05) is 55.8 Å². The quantitative estimate of drug-likeness (QED) is 0.443. The maximum atomic E-state index is 13.4. The molecule has 0 unspecified atom stereocenters. The van der Waals surface area contributed by atoms with Gasteiger partial charge in [0.15, 0.2) is 0 Å². The average Bonchev–Trinajstić information content (AvgIpc) is 2.78. The summed E-state index contributed by atoms with van der Waals surface area (Å²) in [7, 11) is -2.60. The zero-order chi connectivity index (χ0) is 23.3. The SMILES string of the molecule is COc1ccc(N(C(=O)/C=C/c2ccc(C(C)C)cc2)S(=O)(=O)c2ccc(C)cc2)cc1. The third-order valence-corrected chi connectivity index (χ3v) is 6.83. The van der Waals surface area contributed by atoms with E-state index in [1.54, 1.807) is 42.5 Å². The zero-order valence-electron chi connectivity index (χ0n) is 18.6. The molecule has 0 radical (unpaired) electrons. The number of aryl methyl sites for hydroxylation is 1. The standard InChI is InChI=1S/C26H27NO4S/c1-19(2)22-10-7-21(8-11-22)9-18-26(28)27(23-12-14-24(31-4)15-13-23)32(29,30)25-16-5-20(3)6-17-25/h5-19H,1-4H3/b18-9+. The van der Waals surface area contributed by atoms with E-state index < -0.39 is 15.9 Å². The number of methoxy groups -OCH3 is 1. The van der Waals surface area contributed by atoms with Crippen LogP contribution in [-0.2, 0) is 14.8 Å². The van der Waals surface area contributed by atoms with Crippen LogP contribution in [0.25, 0.3) is 6.08 Å². The summed E-state index contributed by atoms with van der Waals surface area (Å²) in [6, 6.07) is 20.6. The second-order valence-electron chi connectivity index (χ2n) is 7.77. The van der Waals surface area contributed by atoms with E-state index >= 15 is 0 Å². The predicted octanol–water partition coefficient (Wildman–Crippen LogP) is 5.56. The van der Waals surface area contributed by atoms with Gasteiger partial charge in [0.05, 0.1) is 17.7 Å². The van der Waals surface area contributed by atoms with Gasteiger partial charge in [0.2, 0.25) is 0 Å². The van der Waals surface area contributed by atoms with E-state index in [1.165, 1.54) is 30.9 Å². The van der Waals surface area contributed by atoms with Crippen LogP contribution in [0.2, 0.25) is 0 Å². The fraction of sp³-hybridized carbons (Fsp3) is 0.192. The molecular formula is C26H27NO4S. The van der Waals surface area contributed by atoms with Gasteiger partial charge in [-0.25, -0.2) is 8.42 Å². The smallest absolute Gasteiger partial charge is 0.271 e. The summed E-state index contributed by atoms with van der Waals surface area (Å²) in [5, 5.41) is 0. The predicted molar refractivity (Wildman–Crippen MR) is 128 cm³/mol. The van der Waals surface area contributed by atoms with Crippen LogP contribution in [0, 0.1) is 6.92 Å². The monoisotopic (exact) mass is 449 g/mol. The van der Waals surface area contributed by atoms with Crippen LogP contribution in [0.5, 0.6) is 5.75 Å². The molecule has 1 amide bonds. The first-order chi connectivity index (χ1) is 15.2. The van der Waals surface area contributed by atoms with E-state index in [4.69, 9.17) is 4.74 Å². The lowest BCUT2D eigenvalue weighted by Crippen LogP contribution is -2.35. The molecular weight excluding hydrogens is 422 g/mol. The molecule has 6 heteroatoms. The largest absolute Gasteiger partial charge is 0.497 e. The maximum Gasteiger partial charge on any atom is 0.271 e. The summed E-state index contributed by atoms with van der Waals surface area (Å²) in [5.41, 5.74) is 3.16. The van der Waals surface area contributed by atoms with Crippen LogP contribution >= 0.6 is 0 Å². The highest BCUT2D eigenvalue weighted by molar-refractivity contribution is 7.93. The van der Waals surface area contributed by atoms with E-state index in [2.05, 4.69) is 13.8 Å². The minimum Gasteiger partial charge on any atom is -0.497 e. The summed E-state index contributed by atoms with van der Waals surface area (Å²) >= 11 is 0. The number of sulfonamides is 1. The molecule has 0 aliphatic carbocycles. The lowest BCUT2D eigenvalue weighted by molar-refractivity contribution is -0.113. The Morgan fingerprint density at radius 2 is 1.50 bits per heavy atom. The third-order valence-electron chi connectivity index (χ3n) is 5.09. The zero-order valence-corrected chi connectivity index (χ0v) is 19.5. The number of hydrogen-bond donors (Lipinski definition) is 0. The van der Waals surface area contributed by atoms with Crippen molar-refractivity contribution >= 4 is 27.7 Å². The number of nitrogens with zero attached hydrogens (tertiary/aromatic N) is 1. The number of rotatable bonds is 7. The summed E-state index contributed by atoms with van der Waals surface area (Å²) < 4.78 is 32.8. The molecule has 0 aromatic heterocycles. The van der Waals surface area contributed by atoms with Crippen molar-refractivity contribution in [2.24, 2.45) is 0 Å². The van der Waals surface area contributed by atoms with Gasteiger partial charge in [-0.2, -0.15) is 4.31 Å². The number of anilines is 1. The Hall–Kier alpha value is -3.38. The number of carbonyl (C=O) groups is 1. The number of amides is 1. The Bertz CT molecular complexity index is 1190. The van der Waals surface area contributed by atoms with Crippen LogP contribution in [-0.4, -0.2) is 21.4 Å². The first kappa shape index (κ1) is 23.3. The Kier molecular flexibility index (Phi) is 7.15. The molecule has 0 bridgehead atoms. The number of carbonyl (C=O) groups excluding carboxylic acids is 1. The van der Waals surface area contributed by atoms with E-state index in [-0.39, 0.29) is 10.6 Å². The van der Waals surface area contributed by atoms with Gasteiger partial charge in [0, 0.05) is 6.08 Å². The summed E-state index contributed by atoms with van der Waals surface area (Å²) in [5.74, 6) is 0.304. The van der Waals surface area contributed by atoms with Crippen LogP contribution in [0.1, 0.15) is 36.5 Å². The second-order valence-corrected chi connectivity index (χ2v) is 9.56. The molecule has 0 aliphatic rings. The molecule has 0 atom stereocenters. The molecule has 0 spiro atoms. The molecule has 0 fully saturated rings. The van der Waals surface area contributed by atoms with E-state index in [0.717, 1.165) is 15.4 Å². The molecule has 3 aromatic carbocycles. The number of hydrogen-bond acceptors (Lipinski definition) is 4. The molecule has 0 N–H and O–H groups in total. The van der Waals surface area contributed by atoms with Gasteiger partial charge in [-0.05, 0) is 66.4 Å². The van der Waals surface area contributed by atoms with Crippen LogP contribution in [0.4, 0.5) is 5.69 Å². The molecule has 32 heavy (non-hydrogen) atoms. The third kappa shape index (κ3) is 5.26. The van der Waals surface area contributed by atoms with Crippen LogP contribution < -0.4 is 9.04 Å². The van der Waals surface area contributed by atoms with E-state index in [0.29, 0.717) is 11.7 Å². The topological polar surface area (TPSA) is 63.7 Å². The Labute approximate surface area is 190 Å². The summed E-state index contributed by atoms with van der Waals surface area (Å²) in [4.78, 5) is 13.2. The first-order valence-electron chi connectivity index (χ1n) is 10.3. The Morgan fingerprint density at radius 1 is 0.906 bits per heavy atom. The molecule has 0 saturated heterocycles. The minimum atomic E-state index is -4.12. The van der Waals surface area contributed by atoms with Crippen molar-refractivity contribution in [1.82, 2.24) is 0 Å². The molecule has 0 heterocycles. The minimum absolute atomic E-state index is 0.0435.